The lowest BCUT2D eigenvalue weighted by Crippen LogP contribution is -2.51. The van der Waals surface area contributed by atoms with Gasteiger partial charge in [-0.1, -0.05) is 48.5 Å². The van der Waals surface area contributed by atoms with E-state index in [2.05, 4.69) is 67.7 Å². The molecule has 3 atom stereocenters. The maximum absolute atomic E-state index is 10.8. The predicted molar refractivity (Wildman–Crippen MR) is 112 cm³/mol. The van der Waals surface area contributed by atoms with Crippen LogP contribution in [0.3, 0.4) is 0 Å². The molecule has 0 rings (SSSR count). The average molecular weight is 408 g/mol. The van der Waals surface area contributed by atoms with Crippen LogP contribution in [-0.2, 0) is 8.85 Å². The molecule has 0 saturated heterocycles. The molecule has 0 aliphatic heterocycles. The zero-order chi connectivity index (χ0) is 21.1. The van der Waals surface area contributed by atoms with Gasteiger partial charge in [0, 0.05) is 10.8 Å². The molecule has 0 aromatic rings. The van der Waals surface area contributed by atoms with E-state index in [9.17, 15) is 15.2 Å². The number of rotatable bonds is 9. The zero-order valence-electron chi connectivity index (χ0n) is 18.7. The summed E-state index contributed by atoms with van der Waals surface area (Å²) in [6.45, 7) is 23.4. The SMILES string of the molecule is C[C@H](C(O)C[N+](=O)[O-])[C@@H](CO[Si](C)(C)C(C)(C)C)O[Si](C)(C)C(C)(C)C. The second kappa shape index (κ2) is 8.81. The van der Waals surface area contributed by atoms with E-state index in [4.69, 9.17) is 8.85 Å². The fraction of sp³-hybridized carbons (Fsp3) is 1.00. The first-order valence-corrected chi connectivity index (χ1v) is 15.2. The fourth-order valence-corrected chi connectivity index (χ4v) is 4.33. The van der Waals surface area contributed by atoms with Crippen molar-refractivity contribution in [2.45, 2.75) is 96.9 Å². The van der Waals surface area contributed by atoms with Gasteiger partial charge in [0.2, 0.25) is 6.54 Å². The van der Waals surface area contributed by atoms with Gasteiger partial charge in [-0.3, -0.25) is 10.1 Å². The van der Waals surface area contributed by atoms with Crippen molar-refractivity contribution in [3.8, 4) is 0 Å². The Morgan fingerprint density at radius 1 is 1.00 bits per heavy atom. The van der Waals surface area contributed by atoms with Crippen LogP contribution in [-0.4, -0.2) is 52.0 Å². The summed E-state index contributed by atoms with van der Waals surface area (Å²) in [5, 5.41) is 21.2. The lowest BCUT2D eigenvalue weighted by Gasteiger charge is -2.43. The second-order valence-electron chi connectivity index (χ2n) is 10.4. The maximum Gasteiger partial charge on any atom is 0.229 e. The Labute approximate surface area is 162 Å². The number of hydrogen-bond acceptors (Lipinski definition) is 5. The minimum atomic E-state index is -2.10. The minimum Gasteiger partial charge on any atom is -0.414 e. The summed E-state index contributed by atoms with van der Waals surface area (Å²) in [4.78, 5) is 10.3. The largest absolute Gasteiger partial charge is 0.414 e. The first-order chi connectivity index (χ1) is 11.3. The van der Waals surface area contributed by atoms with Gasteiger partial charge in [-0.05, 0) is 36.3 Å². The Morgan fingerprint density at radius 2 is 1.42 bits per heavy atom. The first kappa shape index (κ1) is 25.7. The molecule has 0 aromatic carbocycles. The minimum absolute atomic E-state index is 0.00992. The highest BCUT2D eigenvalue weighted by Crippen LogP contribution is 2.40. The van der Waals surface area contributed by atoms with Crippen LogP contribution < -0.4 is 0 Å². The van der Waals surface area contributed by atoms with Crippen molar-refractivity contribution in [2.75, 3.05) is 13.2 Å². The van der Waals surface area contributed by atoms with E-state index in [1.54, 1.807) is 0 Å². The maximum atomic E-state index is 10.8. The topological polar surface area (TPSA) is 81.8 Å². The Bertz CT molecular complexity index is 469. The zero-order valence-corrected chi connectivity index (χ0v) is 20.7. The van der Waals surface area contributed by atoms with Crippen molar-refractivity contribution in [1.29, 1.82) is 0 Å². The Hall–Kier alpha value is -0.286. The van der Waals surface area contributed by atoms with Gasteiger partial charge in [-0.15, -0.1) is 0 Å². The predicted octanol–water partition coefficient (Wildman–Crippen LogP) is 4.67. The number of nitro groups is 1. The summed E-state index contributed by atoms with van der Waals surface area (Å²) in [5.74, 6) is -0.376. The highest BCUT2D eigenvalue weighted by Gasteiger charge is 2.43. The van der Waals surface area contributed by atoms with Crippen LogP contribution in [0.25, 0.3) is 0 Å². The highest BCUT2D eigenvalue weighted by molar-refractivity contribution is 6.74. The number of nitrogens with zero attached hydrogens (tertiary/aromatic N) is 1. The van der Waals surface area contributed by atoms with Gasteiger partial charge < -0.3 is 14.0 Å². The van der Waals surface area contributed by atoms with E-state index in [-0.39, 0.29) is 22.1 Å². The van der Waals surface area contributed by atoms with Crippen LogP contribution in [0.15, 0.2) is 0 Å². The molecule has 26 heavy (non-hydrogen) atoms. The van der Waals surface area contributed by atoms with E-state index < -0.39 is 34.2 Å². The van der Waals surface area contributed by atoms with Crippen LogP contribution in [0.4, 0.5) is 0 Å². The van der Waals surface area contributed by atoms with Crippen LogP contribution in [0.5, 0.6) is 0 Å². The van der Waals surface area contributed by atoms with Gasteiger partial charge in [-0.2, -0.15) is 0 Å². The molecule has 1 N–H and O–H groups in total. The van der Waals surface area contributed by atoms with Crippen molar-refractivity contribution in [2.24, 2.45) is 5.92 Å². The Balaban J connectivity index is 5.45. The second-order valence-corrected chi connectivity index (χ2v) is 20.0. The molecule has 0 fully saturated rings. The third-order valence-electron chi connectivity index (χ3n) is 6.20. The molecular formula is C18H41NO5Si2. The van der Waals surface area contributed by atoms with Gasteiger partial charge >= 0.3 is 0 Å². The van der Waals surface area contributed by atoms with Crippen LogP contribution in [0, 0.1) is 16.0 Å². The molecule has 8 heteroatoms. The molecular weight excluding hydrogens is 366 g/mol. The van der Waals surface area contributed by atoms with Gasteiger partial charge in [0.1, 0.15) is 6.10 Å². The molecule has 0 aromatic heterocycles. The summed E-state index contributed by atoms with van der Waals surface area (Å²) >= 11 is 0. The molecule has 0 saturated carbocycles. The third kappa shape index (κ3) is 7.38. The quantitative estimate of drug-likeness (QED) is 0.341. The smallest absolute Gasteiger partial charge is 0.229 e. The number of aliphatic hydroxyl groups excluding tert-OH is 1. The van der Waals surface area contributed by atoms with E-state index in [0.717, 1.165) is 0 Å². The van der Waals surface area contributed by atoms with E-state index in [1.165, 1.54) is 0 Å². The molecule has 0 aliphatic carbocycles. The van der Waals surface area contributed by atoms with Crippen molar-refractivity contribution in [1.82, 2.24) is 0 Å². The molecule has 0 aliphatic rings. The van der Waals surface area contributed by atoms with Crippen LogP contribution in [0.1, 0.15) is 48.5 Å². The van der Waals surface area contributed by atoms with Gasteiger partial charge in [0.15, 0.2) is 16.6 Å². The molecule has 0 spiro atoms. The van der Waals surface area contributed by atoms with E-state index in [0.29, 0.717) is 6.61 Å². The normalized spacial score (nSPS) is 17.7. The molecule has 0 bridgehead atoms. The van der Waals surface area contributed by atoms with Crippen molar-refractivity contribution >= 4 is 16.6 Å². The van der Waals surface area contributed by atoms with Crippen molar-refractivity contribution in [3.63, 3.8) is 0 Å². The lowest BCUT2D eigenvalue weighted by molar-refractivity contribution is -0.492. The lowest BCUT2D eigenvalue weighted by atomic mass is 9.99. The van der Waals surface area contributed by atoms with Crippen LogP contribution >= 0.6 is 0 Å². The molecule has 1 unspecified atom stereocenters. The Morgan fingerprint density at radius 3 is 1.77 bits per heavy atom. The van der Waals surface area contributed by atoms with E-state index in [1.807, 2.05) is 6.92 Å². The monoisotopic (exact) mass is 407 g/mol. The molecule has 0 heterocycles. The summed E-state index contributed by atoms with van der Waals surface area (Å²) in [6, 6.07) is 0. The summed E-state index contributed by atoms with van der Waals surface area (Å²) in [7, 11) is -4.09. The van der Waals surface area contributed by atoms with Gasteiger partial charge in [0.25, 0.3) is 0 Å². The highest BCUT2D eigenvalue weighted by atomic mass is 28.4. The van der Waals surface area contributed by atoms with Crippen molar-refractivity contribution < 1.29 is 18.9 Å². The molecule has 0 amide bonds. The average Bonchev–Trinajstić information content (AvgIpc) is 2.39. The third-order valence-corrected chi connectivity index (χ3v) is 15.2. The Kier molecular flexibility index (Phi) is 8.71. The molecule has 156 valence electrons. The standard InChI is InChI=1S/C18H41NO5Si2/c1-14(15(20)12-19(21)22)16(24-26(10,11)18(5,6)7)13-23-25(8,9)17(2,3)4/h14-16,20H,12-13H2,1-11H3/t14-,15?,16-/m1/s1. The summed E-state index contributed by atoms with van der Waals surface area (Å²) in [6.07, 6.45) is -1.41. The molecule has 6 nitrogen and oxygen atoms in total. The number of hydrogen-bond donors (Lipinski definition) is 1. The van der Waals surface area contributed by atoms with Gasteiger partial charge in [-0.25, -0.2) is 0 Å². The first-order valence-electron chi connectivity index (χ1n) is 9.43. The fourth-order valence-electron chi connectivity index (χ4n) is 1.92. The van der Waals surface area contributed by atoms with Crippen molar-refractivity contribution in [3.05, 3.63) is 10.1 Å². The summed E-state index contributed by atoms with van der Waals surface area (Å²) in [5.41, 5.74) is 0. The van der Waals surface area contributed by atoms with Gasteiger partial charge in [0.05, 0.1) is 12.7 Å². The van der Waals surface area contributed by atoms with E-state index >= 15 is 0 Å². The van der Waals surface area contributed by atoms with Crippen LogP contribution in [0.2, 0.25) is 36.3 Å². The summed E-state index contributed by atoms with van der Waals surface area (Å²) < 4.78 is 12.9. The number of aliphatic hydroxyl groups is 1. The molecule has 0 radical (unpaired) electrons.